The van der Waals surface area contributed by atoms with Gasteiger partial charge in [-0.1, -0.05) is 6.07 Å². The maximum absolute atomic E-state index is 11.2. The average Bonchev–Trinajstić information content (AvgIpc) is 2.39. The molecule has 1 saturated heterocycles. The van der Waals surface area contributed by atoms with E-state index in [1.807, 2.05) is 25.2 Å². The molecule has 0 aromatic carbocycles. The molecule has 0 radical (unpaired) electrons. The van der Waals surface area contributed by atoms with Crippen LogP contribution in [0.15, 0.2) is 18.2 Å². The lowest BCUT2D eigenvalue weighted by atomic mass is 9.97. The predicted octanol–water partition coefficient (Wildman–Crippen LogP) is 0.821. The number of pyridine rings is 1. The molecule has 1 atom stereocenters. The maximum Gasteiger partial charge on any atom is 0.221 e. The van der Waals surface area contributed by atoms with E-state index in [0.29, 0.717) is 0 Å². The van der Waals surface area contributed by atoms with E-state index in [-0.39, 0.29) is 11.8 Å². The Hall–Kier alpha value is -1.62. The van der Waals surface area contributed by atoms with Crippen molar-refractivity contribution in [3.8, 4) is 0 Å². The largest absolute Gasteiger partial charge is 0.373 e. The molecule has 1 fully saturated rings. The summed E-state index contributed by atoms with van der Waals surface area (Å²) in [6, 6.07) is 5.93. The van der Waals surface area contributed by atoms with Gasteiger partial charge in [-0.3, -0.25) is 9.69 Å². The summed E-state index contributed by atoms with van der Waals surface area (Å²) in [6.07, 6.45) is 1.94. The van der Waals surface area contributed by atoms with Gasteiger partial charge < -0.3 is 11.1 Å². The number of rotatable bonds is 4. The van der Waals surface area contributed by atoms with E-state index in [0.717, 1.165) is 44.0 Å². The fraction of sp³-hybridized carbons (Fsp3) is 0.538. The molecule has 1 aromatic heterocycles. The van der Waals surface area contributed by atoms with Gasteiger partial charge in [0, 0.05) is 20.1 Å². The standard InChI is InChI=1S/C13H20N4O/c1-15-12-6-2-5-11(16-12)9-17-7-3-4-10(8-17)13(14)18/h2,5-6,10H,3-4,7-9H2,1H3,(H2,14,18)(H,15,16). The van der Waals surface area contributed by atoms with Crippen molar-refractivity contribution in [1.29, 1.82) is 0 Å². The Morgan fingerprint density at radius 3 is 3.17 bits per heavy atom. The summed E-state index contributed by atoms with van der Waals surface area (Å²) in [5.41, 5.74) is 6.40. The molecule has 2 heterocycles. The minimum absolute atomic E-state index is 0.00812. The molecule has 1 aromatic rings. The molecule has 5 heteroatoms. The normalized spacial score (nSPS) is 20.6. The number of nitrogens with zero attached hydrogens (tertiary/aromatic N) is 2. The molecule has 1 aliphatic rings. The van der Waals surface area contributed by atoms with Crippen molar-refractivity contribution in [2.45, 2.75) is 19.4 Å². The van der Waals surface area contributed by atoms with Crippen molar-refractivity contribution >= 4 is 11.7 Å². The second-order valence-electron chi connectivity index (χ2n) is 4.74. The molecule has 3 N–H and O–H groups in total. The van der Waals surface area contributed by atoms with Gasteiger partial charge in [-0.15, -0.1) is 0 Å². The summed E-state index contributed by atoms with van der Waals surface area (Å²) < 4.78 is 0. The van der Waals surface area contributed by atoms with Crippen LogP contribution < -0.4 is 11.1 Å². The van der Waals surface area contributed by atoms with Crippen molar-refractivity contribution in [1.82, 2.24) is 9.88 Å². The highest BCUT2D eigenvalue weighted by Gasteiger charge is 2.23. The molecule has 0 aliphatic carbocycles. The summed E-state index contributed by atoms with van der Waals surface area (Å²) in [5, 5.41) is 3.03. The predicted molar refractivity (Wildman–Crippen MR) is 71.0 cm³/mol. The number of primary amides is 1. The number of nitrogens with one attached hydrogen (secondary N) is 1. The highest BCUT2D eigenvalue weighted by Crippen LogP contribution is 2.18. The van der Waals surface area contributed by atoms with Gasteiger partial charge >= 0.3 is 0 Å². The van der Waals surface area contributed by atoms with Gasteiger partial charge in [-0.25, -0.2) is 4.98 Å². The second kappa shape index (κ2) is 5.82. The molecule has 1 unspecified atom stereocenters. The number of carbonyl (C=O) groups is 1. The summed E-state index contributed by atoms with van der Waals surface area (Å²) in [6.45, 7) is 2.54. The first-order valence-corrected chi connectivity index (χ1v) is 6.34. The fourth-order valence-electron chi connectivity index (χ4n) is 2.37. The lowest BCUT2D eigenvalue weighted by molar-refractivity contribution is -0.123. The van der Waals surface area contributed by atoms with Gasteiger partial charge in [0.1, 0.15) is 5.82 Å². The highest BCUT2D eigenvalue weighted by molar-refractivity contribution is 5.76. The Labute approximate surface area is 107 Å². The van der Waals surface area contributed by atoms with Crippen molar-refractivity contribution in [3.63, 3.8) is 0 Å². The second-order valence-corrected chi connectivity index (χ2v) is 4.74. The molecular formula is C13H20N4O. The van der Waals surface area contributed by atoms with Gasteiger partial charge in [-0.2, -0.15) is 0 Å². The third-order valence-electron chi connectivity index (χ3n) is 3.36. The number of hydrogen-bond donors (Lipinski definition) is 2. The van der Waals surface area contributed by atoms with Crippen molar-refractivity contribution in [3.05, 3.63) is 23.9 Å². The van der Waals surface area contributed by atoms with Crippen LogP contribution >= 0.6 is 0 Å². The molecule has 98 valence electrons. The zero-order valence-electron chi connectivity index (χ0n) is 10.7. The minimum Gasteiger partial charge on any atom is -0.373 e. The third-order valence-corrected chi connectivity index (χ3v) is 3.36. The van der Waals surface area contributed by atoms with E-state index in [1.54, 1.807) is 0 Å². The number of amides is 1. The number of carbonyl (C=O) groups excluding carboxylic acids is 1. The molecule has 5 nitrogen and oxygen atoms in total. The minimum atomic E-state index is -0.184. The van der Waals surface area contributed by atoms with E-state index in [1.165, 1.54) is 0 Å². The smallest absolute Gasteiger partial charge is 0.221 e. The Morgan fingerprint density at radius 1 is 1.61 bits per heavy atom. The Balaban J connectivity index is 1.97. The van der Waals surface area contributed by atoms with E-state index in [9.17, 15) is 4.79 Å². The van der Waals surface area contributed by atoms with Gasteiger partial charge in [-0.05, 0) is 31.5 Å². The van der Waals surface area contributed by atoms with Crippen LogP contribution in [0.1, 0.15) is 18.5 Å². The molecular weight excluding hydrogens is 228 g/mol. The van der Waals surface area contributed by atoms with Crippen LogP contribution in [0.2, 0.25) is 0 Å². The van der Waals surface area contributed by atoms with Gasteiger partial charge in [0.2, 0.25) is 5.91 Å². The number of hydrogen-bond acceptors (Lipinski definition) is 4. The monoisotopic (exact) mass is 248 g/mol. The van der Waals surface area contributed by atoms with Gasteiger partial charge in [0.05, 0.1) is 11.6 Å². The quantitative estimate of drug-likeness (QED) is 0.827. The van der Waals surface area contributed by atoms with Crippen LogP contribution in [0.25, 0.3) is 0 Å². The molecule has 2 rings (SSSR count). The van der Waals surface area contributed by atoms with Gasteiger partial charge in [0.15, 0.2) is 0 Å². The zero-order valence-corrected chi connectivity index (χ0v) is 10.7. The molecule has 0 saturated carbocycles. The zero-order chi connectivity index (χ0) is 13.0. The van der Waals surface area contributed by atoms with E-state index < -0.39 is 0 Å². The SMILES string of the molecule is CNc1cccc(CN2CCCC(C(N)=O)C2)n1. The average molecular weight is 248 g/mol. The Kier molecular flexibility index (Phi) is 4.15. The number of likely N-dealkylation sites (tertiary alicyclic amines) is 1. The fourth-order valence-corrected chi connectivity index (χ4v) is 2.37. The molecule has 0 spiro atoms. The first-order chi connectivity index (χ1) is 8.69. The number of nitrogens with two attached hydrogens (primary N) is 1. The summed E-state index contributed by atoms with van der Waals surface area (Å²) in [5.74, 6) is 0.679. The van der Waals surface area contributed by atoms with Crippen LogP contribution in [0.5, 0.6) is 0 Å². The first-order valence-electron chi connectivity index (χ1n) is 6.34. The van der Waals surface area contributed by atoms with Crippen molar-refractivity contribution in [2.75, 3.05) is 25.5 Å². The topological polar surface area (TPSA) is 71.2 Å². The lowest BCUT2D eigenvalue weighted by Crippen LogP contribution is -2.40. The number of piperidine rings is 1. The van der Waals surface area contributed by atoms with Crippen LogP contribution in [-0.4, -0.2) is 35.9 Å². The molecule has 1 aliphatic heterocycles. The molecule has 1 amide bonds. The Morgan fingerprint density at radius 2 is 2.44 bits per heavy atom. The summed E-state index contributed by atoms with van der Waals surface area (Å²) >= 11 is 0. The first kappa shape index (κ1) is 12.8. The van der Waals surface area contributed by atoms with E-state index in [2.05, 4.69) is 15.2 Å². The van der Waals surface area contributed by atoms with E-state index >= 15 is 0 Å². The highest BCUT2D eigenvalue weighted by atomic mass is 16.1. The van der Waals surface area contributed by atoms with E-state index in [4.69, 9.17) is 5.73 Å². The van der Waals surface area contributed by atoms with Gasteiger partial charge in [0.25, 0.3) is 0 Å². The van der Waals surface area contributed by atoms with Crippen LogP contribution in [0.3, 0.4) is 0 Å². The number of anilines is 1. The molecule has 18 heavy (non-hydrogen) atoms. The van der Waals surface area contributed by atoms with Crippen LogP contribution in [0, 0.1) is 5.92 Å². The summed E-state index contributed by atoms with van der Waals surface area (Å²) in [7, 11) is 1.86. The van der Waals surface area contributed by atoms with Crippen molar-refractivity contribution in [2.24, 2.45) is 11.7 Å². The molecule has 0 bridgehead atoms. The summed E-state index contributed by atoms with van der Waals surface area (Å²) in [4.78, 5) is 18.0. The third kappa shape index (κ3) is 3.20. The maximum atomic E-state index is 11.2. The van der Waals surface area contributed by atoms with Crippen molar-refractivity contribution < 1.29 is 4.79 Å². The number of aromatic nitrogens is 1. The Bertz CT molecular complexity index is 421. The van der Waals surface area contributed by atoms with Crippen LogP contribution in [0.4, 0.5) is 5.82 Å². The lowest BCUT2D eigenvalue weighted by Gasteiger charge is -2.30. The van der Waals surface area contributed by atoms with Crippen LogP contribution in [-0.2, 0) is 11.3 Å².